The molecule has 1 aromatic heterocycles. The van der Waals surface area contributed by atoms with Gasteiger partial charge in [0.25, 0.3) is 0 Å². The van der Waals surface area contributed by atoms with Crippen molar-refractivity contribution >= 4 is 10.0 Å². The molecule has 18 heavy (non-hydrogen) atoms. The molecule has 0 unspecified atom stereocenters. The van der Waals surface area contributed by atoms with Crippen LogP contribution in [-0.4, -0.2) is 20.5 Å². The predicted octanol–water partition coefficient (Wildman–Crippen LogP) is 1.77. The zero-order valence-corrected chi connectivity index (χ0v) is 12.4. The molecule has 2 N–H and O–H groups in total. The molecule has 0 aliphatic heterocycles. The van der Waals surface area contributed by atoms with Crippen LogP contribution in [0, 0.1) is 6.92 Å². The lowest BCUT2D eigenvalue weighted by molar-refractivity contribution is 0.458. The van der Waals surface area contributed by atoms with Gasteiger partial charge in [-0.2, -0.15) is 0 Å². The van der Waals surface area contributed by atoms with E-state index in [9.17, 15) is 8.42 Å². The maximum atomic E-state index is 12.2. The molecule has 104 valence electrons. The van der Waals surface area contributed by atoms with Crippen molar-refractivity contribution in [2.75, 3.05) is 6.54 Å². The molecule has 0 saturated carbocycles. The molecule has 0 amide bonds. The molecule has 0 aromatic carbocycles. The lowest BCUT2D eigenvalue weighted by Gasteiger charge is -2.19. The van der Waals surface area contributed by atoms with Gasteiger partial charge < -0.3 is 9.73 Å². The van der Waals surface area contributed by atoms with Crippen LogP contribution in [0.3, 0.4) is 0 Å². The Morgan fingerprint density at radius 3 is 2.44 bits per heavy atom. The van der Waals surface area contributed by atoms with Gasteiger partial charge in [-0.3, -0.25) is 0 Å². The lowest BCUT2D eigenvalue weighted by atomic mass is 10.1. The Labute approximate surface area is 109 Å². The second kappa shape index (κ2) is 5.42. The van der Waals surface area contributed by atoms with Crippen molar-refractivity contribution in [1.82, 2.24) is 10.0 Å². The van der Waals surface area contributed by atoms with E-state index < -0.39 is 15.6 Å². The average molecular weight is 274 g/mol. The van der Waals surface area contributed by atoms with Gasteiger partial charge >= 0.3 is 0 Å². The third-order valence-electron chi connectivity index (χ3n) is 2.20. The van der Waals surface area contributed by atoms with Crippen LogP contribution in [-0.2, 0) is 16.6 Å². The molecule has 0 atom stereocenters. The zero-order valence-electron chi connectivity index (χ0n) is 11.6. The molecular formula is C12H22N2O3S. The maximum absolute atomic E-state index is 12.2. The Hall–Kier alpha value is -0.850. The second-order valence-corrected chi connectivity index (χ2v) is 6.92. The van der Waals surface area contributed by atoms with Gasteiger partial charge in [-0.05, 0) is 34.2 Å². The first-order valence-corrected chi connectivity index (χ1v) is 7.48. The van der Waals surface area contributed by atoms with E-state index in [1.807, 2.05) is 6.92 Å². The fourth-order valence-corrected chi connectivity index (χ4v) is 3.21. The van der Waals surface area contributed by atoms with Gasteiger partial charge in [0.2, 0.25) is 10.0 Å². The molecule has 1 aromatic rings. The molecule has 0 bridgehead atoms. The van der Waals surface area contributed by atoms with E-state index in [0.29, 0.717) is 18.1 Å². The highest BCUT2D eigenvalue weighted by atomic mass is 32.2. The summed E-state index contributed by atoms with van der Waals surface area (Å²) in [5.74, 6) is 1.04. The van der Waals surface area contributed by atoms with Gasteiger partial charge in [0.1, 0.15) is 16.4 Å². The van der Waals surface area contributed by atoms with Crippen molar-refractivity contribution in [2.24, 2.45) is 0 Å². The van der Waals surface area contributed by atoms with Crippen LogP contribution in [0.5, 0.6) is 0 Å². The average Bonchev–Trinajstić information content (AvgIpc) is 2.53. The lowest BCUT2D eigenvalue weighted by Crippen LogP contribution is -2.40. The van der Waals surface area contributed by atoms with E-state index in [-0.39, 0.29) is 4.90 Å². The van der Waals surface area contributed by atoms with Gasteiger partial charge in [-0.15, -0.1) is 0 Å². The first kappa shape index (κ1) is 15.2. The van der Waals surface area contributed by atoms with E-state index >= 15 is 0 Å². The van der Waals surface area contributed by atoms with Gasteiger partial charge in [0.05, 0.1) is 6.54 Å². The summed E-state index contributed by atoms with van der Waals surface area (Å²) in [6.07, 6.45) is 0. The normalized spacial score (nSPS) is 12.9. The number of nitrogens with one attached hydrogen (secondary N) is 2. The topological polar surface area (TPSA) is 71.3 Å². The van der Waals surface area contributed by atoms with Crippen molar-refractivity contribution < 1.29 is 12.8 Å². The van der Waals surface area contributed by atoms with Crippen LogP contribution < -0.4 is 10.0 Å². The summed E-state index contributed by atoms with van der Waals surface area (Å²) in [5.41, 5.74) is -0.510. The highest BCUT2D eigenvalue weighted by molar-refractivity contribution is 7.89. The summed E-state index contributed by atoms with van der Waals surface area (Å²) >= 11 is 0. The van der Waals surface area contributed by atoms with Crippen LogP contribution in [0.4, 0.5) is 0 Å². The smallest absolute Gasteiger partial charge is 0.244 e. The van der Waals surface area contributed by atoms with E-state index in [2.05, 4.69) is 10.0 Å². The summed E-state index contributed by atoms with van der Waals surface area (Å²) in [7, 11) is -3.52. The highest BCUT2D eigenvalue weighted by Gasteiger charge is 2.26. The standard InChI is InChI=1S/C12H22N2O3S/c1-6-13-8-10-7-11(9(2)17-10)18(15,16)14-12(3,4)5/h7,13-14H,6,8H2,1-5H3. The highest BCUT2D eigenvalue weighted by Crippen LogP contribution is 2.21. The summed E-state index contributed by atoms with van der Waals surface area (Å²) in [5, 5.41) is 3.10. The summed E-state index contributed by atoms with van der Waals surface area (Å²) in [6.45, 7) is 10.4. The number of sulfonamides is 1. The summed E-state index contributed by atoms with van der Waals surface area (Å²) in [6, 6.07) is 1.58. The van der Waals surface area contributed by atoms with Gasteiger partial charge in [0.15, 0.2) is 0 Å². The molecule has 5 nitrogen and oxygen atoms in total. The first-order valence-electron chi connectivity index (χ1n) is 5.99. The number of hydrogen-bond acceptors (Lipinski definition) is 4. The van der Waals surface area contributed by atoms with Crippen molar-refractivity contribution in [3.05, 3.63) is 17.6 Å². The Kier molecular flexibility index (Phi) is 4.58. The fourth-order valence-electron chi connectivity index (χ4n) is 1.58. The fraction of sp³-hybridized carbons (Fsp3) is 0.667. The second-order valence-electron chi connectivity index (χ2n) is 5.27. The number of furan rings is 1. The van der Waals surface area contributed by atoms with Crippen LogP contribution in [0.15, 0.2) is 15.4 Å². The predicted molar refractivity (Wildman–Crippen MR) is 70.9 cm³/mol. The number of rotatable bonds is 5. The van der Waals surface area contributed by atoms with Crippen molar-refractivity contribution in [1.29, 1.82) is 0 Å². The Bertz CT molecular complexity index is 498. The van der Waals surface area contributed by atoms with Gasteiger partial charge in [-0.25, -0.2) is 13.1 Å². The maximum Gasteiger partial charge on any atom is 0.244 e. The van der Waals surface area contributed by atoms with E-state index in [1.54, 1.807) is 33.8 Å². The monoisotopic (exact) mass is 274 g/mol. The van der Waals surface area contributed by atoms with Crippen LogP contribution in [0.2, 0.25) is 0 Å². The minimum Gasteiger partial charge on any atom is -0.464 e. The molecule has 1 heterocycles. The minimum atomic E-state index is -3.52. The van der Waals surface area contributed by atoms with Crippen LogP contribution >= 0.6 is 0 Å². The molecular weight excluding hydrogens is 252 g/mol. The molecule has 1 rings (SSSR count). The Morgan fingerprint density at radius 1 is 1.33 bits per heavy atom. The van der Waals surface area contributed by atoms with Crippen molar-refractivity contribution in [2.45, 2.75) is 51.6 Å². The SMILES string of the molecule is CCNCc1cc(S(=O)(=O)NC(C)(C)C)c(C)o1. The van der Waals surface area contributed by atoms with Crippen molar-refractivity contribution in [3.8, 4) is 0 Å². The zero-order chi connectivity index (χ0) is 14.0. The molecule has 0 aliphatic carbocycles. The summed E-state index contributed by atoms with van der Waals surface area (Å²) in [4.78, 5) is 0.213. The van der Waals surface area contributed by atoms with E-state index in [4.69, 9.17) is 4.42 Å². The van der Waals surface area contributed by atoms with E-state index in [0.717, 1.165) is 6.54 Å². The van der Waals surface area contributed by atoms with Gasteiger partial charge in [0, 0.05) is 11.6 Å². The van der Waals surface area contributed by atoms with Crippen LogP contribution in [0.25, 0.3) is 0 Å². The van der Waals surface area contributed by atoms with Crippen molar-refractivity contribution in [3.63, 3.8) is 0 Å². The first-order chi connectivity index (χ1) is 8.15. The largest absolute Gasteiger partial charge is 0.464 e. The molecule has 0 spiro atoms. The molecule has 6 heteroatoms. The van der Waals surface area contributed by atoms with Gasteiger partial charge in [-0.1, -0.05) is 6.92 Å². The Morgan fingerprint density at radius 2 is 1.94 bits per heavy atom. The number of aryl methyl sites for hydroxylation is 1. The molecule has 0 fully saturated rings. The Balaban J connectivity index is 2.99. The third kappa shape index (κ3) is 4.12. The molecule has 0 saturated heterocycles. The number of hydrogen-bond donors (Lipinski definition) is 2. The third-order valence-corrected chi connectivity index (χ3v) is 4.07. The quantitative estimate of drug-likeness (QED) is 0.858. The van der Waals surface area contributed by atoms with E-state index in [1.165, 1.54) is 0 Å². The summed E-state index contributed by atoms with van der Waals surface area (Å²) < 4.78 is 32.4. The minimum absolute atomic E-state index is 0.213. The van der Waals surface area contributed by atoms with Crippen LogP contribution in [0.1, 0.15) is 39.2 Å². The molecule has 0 aliphatic rings. The molecule has 0 radical (unpaired) electrons.